The van der Waals surface area contributed by atoms with Crippen molar-refractivity contribution >= 4 is 5.91 Å². The Balaban J connectivity index is 1.54. The molecule has 3 rings (SSSR count). The molecule has 0 atom stereocenters. The monoisotopic (exact) mass is 380 g/mol. The molecule has 1 aromatic carbocycles. The Morgan fingerprint density at radius 2 is 1.85 bits per heavy atom. The topological polar surface area (TPSA) is 51.7 Å². The number of alkyl halides is 3. The van der Waals surface area contributed by atoms with E-state index >= 15 is 0 Å². The molecular formula is C19H19F3N2O3. The highest BCUT2D eigenvalue weighted by Gasteiger charge is 2.31. The number of aromatic nitrogens is 1. The number of likely N-dealkylation sites (tertiary alicyclic amines) is 1. The van der Waals surface area contributed by atoms with E-state index in [0.717, 1.165) is 5.69 Å². The van der Waals surface area contributed by atoms with E-state index in [0.29, 0.717) is 37.2 Å². The van der Waals surface area contributed by atoms with Crippen molar-refractivity contribution in [2.75, 3.05) is 13.1 Å². The third-order valence-corrected chi connectivity index (χ3v) is 4.23. The number of hydrogen-bond acceptors (Lipinski definition) is 4. The fourth-order valence-corrected chi connectivity index (χ4v) is 2.89. The first-order valence-electron chi connectivity index (χ1n) is 8.54. The Bertz CT molecular complexity index is 786. The fourth-order valence-electron chi connectivity index (χ4n) is 2.89. The zero-order valence-corrected chi connectivity index (χ0v) is 14.7. The van der Waals surface area contributed by atoms with Gasteiger partial charge in [0, 0.05) is 43.9 Å². The highest BCUT2D eigenvalue weighted by Crippen LogP contribution is 2.28. The van der Waals surface area contributed by atoms with E-state index in [1.165, 1.54) is 18.2 Å². The van der Waals surface area contributed by atoms with Crippen LogP contribution in [0.3, 0.4) is 0 Å². The van der Waals surface area contributed by atoms with Crippen LogP contribution in [-0.2, 0) is 0 Å². The lowest BCUT2D eigenvalue weighted by atomic mass is 10.1. The molecule has 5 nitrogen and oxygen atoms in total. The largest absolute Gasteiger partial charge is 0.573 e. The first-order valence-corrected chi connectivity index (χ1v) is 8.54. The van der Waals surface area contributed by atoms with Crippen LogP contribution >= 0.6 is 0 Å². The number of carbonyl (C=O) groups excluding carboxylic acids is 1. The molecule has 0 bridgehead atoms. The van der Waals surface area contributed by atoms with Gasteiger partial charge in [0.25, 0.3) is 5.91 Å². The van der Waals surface area contributed by atoms with Crippen LogP contribution in [0.2, 0.25) is 0 Å². The lowest BCUT2D eigenvalue weighted by molar-refractivity contribution is -0.274. The van der Waals surface area contributed by atoms with E-state index in [-0.39, 0.29) is 17.8 Å². The van der Waals surface area contributed by atoms with Gasteiger partial charge in [-0.25, -0.2) is 0 Å². The van der Waals surface area contributed by atoms with Crippen molar-refractivity contribution in [1.29, 1.82) is 0 Å². The number of piperidine rings is 1. The molecule has 1 aromatic heterocycles. The summed E-state index contributed by atoms with van der Waals surface area (Å²) in [5.41, 5.74) is 1.38. The Kier molecular flexibility index (Phi) is 5.53. The van der Waals surface area contributed by atoms with Crippen molar-refractivity contribution in [2.24, 2.45) is 0 Å². The van der Waals surface area contributed by atoms with Crippen LogP contribution in [0.15, 0.2) is 42.6 Å². The molecule has 27 heavy (non-hydrogen) atoms. The van der Waals surface area contributed by atoms with E-state index in [1.54, 1.807) is 29.3 Å². The van der Waals surface area contributed by atoms with Gasteiger partial charge in [-0.3, -0.25) is 9.78 Å². The number of pyridine rings is 1. The number of rotatable bonds is 4. The summed E-state index contributed by atoms with van der Waals surface area (Å²) in [7, 11) is 0. The van der Waals surface area contributed by atoms with Gasteiger partial charge >= 0.3 is 6.36 Å². The van der Waals surface area contributed by atoms with Gasteiger partial charge in [-0.1, -0.05) is 6.07 Å². The zero-order chi connectivity index (χ0) is 19.4. The smallest absolute Gasteiger partial charge is 0.490 e. The summed E-state index contributed by atoms with van der Waals surface area (Å²) in [6.45, 7) is 2.87. The molecule has 144 valence electrons. The number of benzene rings is 1. The number of aryl methyl sites for hydroxylation is 1. The van der Waals surface area contributed by atoms with E-state index in [4.69, 9.17) is 4.74 Å². The Hall–Kier alpha value is -2.77. The van der Waals surface area contributed by atoms with E-state index in [9.17, 15) is 18.0 Å². The number of ether oxygens (including phenoxy) is 2. The van der Waals surface area contributed by atoms with Crippen molar-refractivity contribution in [3.63, 3.8) is 0 Å². The maximum Gasteiger partial charge on any atom is 0.573 e. The third kappa shape index (κ3) is 5.35. The number of carbonyl (C=O) groups is 1. The molecule has 2 heterocycles. The second kappa shape index (κ2) is 7.85. The quantitative estimate of drug-likeness (QED) is 0.805. The second-order valence-corrected chi connectivity index (χ2v) is 6.32. The molecule has 0 aliphatic carbocycles. The van der Waals surface area contributed by atoms with Crippen LogP contribution in [0.25, 0.3) is 0 Å². The average Bonchev–Trinajstić information content (AvgIpc) is 2.61. The van der Waals surface area contributed by atoms with Crippen molar-refractivity contribution in [2.45, 2.75) is 32.2 Å². The zero-order valence-electron chi connectivity index (χ0n) is 14.7. The summed E-state index contributed by atoms with van der Waals surface area (Å²) in [5.74, 6) is -0.0923. The fraction of sp³-hybridized carbons (Fsp3) is 0.368. The van der Waals surface area contributed by atoms with Gasteiger partial charge < -0.3 is 14.4 Å². The van der Waals surface area contributed by atoms with Crippen LogP contribution in [0.1, 0.15) is 28.9 Å². The molecule has 0 saturated carbocycles. The molecule has 1 saturated heterocycles. The maximum absolute atomic E-state index is 12.5. The minimum atomic E-state index is -4.74. The third-order valence-electron chi connectivity index (χ3n) is 4.23. The summed E-state index contributed by atoms with van der Waals surface area (Å²) in [5, 5.41) is 0. The lowest BCUT2D eigenvalue weighted by Gasteiger charge is -2.32. The summed E-state index contributed by atoms with van der Waals surface area (Å²) in [6.07, 6.45) is -2.17. The maximum atomic E-state index is 12.5. The minimum Gasteiger partial charge on any atom is -0.490 e. The van der Waals surface area contributed by atoms with Crippen molar-refractivity contribution in [1.82, 2.24) is 9.88 Å². The summed E-state index contributed by atoms with van der Waals surface area (Å²) in [6, 6.07) is 9.00. The second-order valence-electron chi connectivity index (χ2n) is 6.32. The van der Waals surface area contributed by atoms with Gasteiger partial charge in [0.15, 0.2) is 0 Å². The summed E-state index contributed by atoms with van der Waals surface area (Å²) >= 11 is 0. The molecule has 8 heteroatoms. The van der Waals surface area contributed by atoms with Gasteiger partial charge in [0.05, 0.1) is 5.56 Å². The van der Waals surface area contributed by atoms with Crippen LogP contribution < -0.4 is 9.47 Å². The Morgan fingerprint density at radius 1 is 1.15 bits per heavy atom. The predicted molar refractivity (Wildman–Crippen MR) is 91.7 cm³/mol. The Morgan fingerprint density at radius 3 is 2.48 bits per heavy atom. The average molecular weight is 380 g/mol. The van der Waals surface area contributed by atoms with Gasteiger partial charge in [-0.2, -0.15) is 0 Å². The van der Waals surface area contributed by atoms with Gasteiger partial charge in [-0.05, 0) is 31.2 Å². The van der Waals surface area contributed by atoms with E-state index < -0.39 is 6.36 Å². The van der Waals surface area contributed by atoms with Crippen LogP contribution in [-0.4, -0.2) is 41.3 Å². The molecule has 0 spiro atoms. The number of hydrogen-bond donors (Lipinski definition) is 0. The Labute approximate surface area is 154 Å². The molecule has 0 N–H and O–H groups in total. The van der Waals surface area contributed by atoms with Gasteiger partial charge in [-0.15, -0.1) is 13.2 Å². The van der Waals surface area contributed by atoms with E-state index in [2.05, 4.69) is 9.72 Å². The molecule has 1 fully saturated rings. The molecule has 0 radical (unpaired) electrons. The molecule has 1 aliphatic heterocycles. The number of amides is 1. The highest BCUT2D eigenvalue weighted by atomic mass is 19.4. The standard InChI is InChI=1S/C19H19F3N2O3/c1-13-5-6-14(12-23-13)18(25)24-9-7-15(8-10-24)26-16-3-2-4-17(11-16)27-19(20,21)22/h2-6,11-12,15H,7-10H2,1H3. The van der Waals surface area contributed by atoms with Crippen LogP contribution in [0.5, 0.6) is 11.5 Å². The highest BCUT2D eigenvalue weighted by molar-refractivity contribution is 5.94. The van der Waals surface area contributed by atoms with Crippen molar-refractivity contribution in [3.05, 3.63) is 53.9 Å². The molecular weight excluding hydrogens is 361 g/mol. The summed E-state index contributed by atoms with van der Waals surface area (Å²) < 4.78 is 46.6. The number of nitrogens with zero attached hydrogens (tertiary/aromatic N) is 2. The summed E-state index contributed by atoms with van der Waals surface area (Å²) in [4.78, 5) is 18.3. The first-order chi connectivity index (χ1) is 12.8. The molecule has 2 aromatic rings. The minimum absolute atomic E-state index is 0.0819. The van der Waals surface area contributed by atoms with E-state index in [1.807, 2.05) is 6.92 Å². The molecule has 1 aliphatic rings. The van der Waals surface area contributed by atoms with Gasteiger partial charge in [0.2, 0.25) is 0 Å². The SMILES string of the molecule is Cc1ccc(C(=O)N2CCC(Oc3cccc(OC(F)(F)F)c3)CC2)cn1. The van der Waals surface area contributed by atoms with Crippen molar-refractivity contribution < 1.29 is 27.4 Å². The first kappa shape index (κ1) is 19.0. The lowest BCUT2D eigenvalue weighted by Crippen LogP contribution is -2.41. The number of halogens is 3. The van der Waals surface area contributed by atoms with Crippen molar-refractivity contribution in [3.8, 4) is 11.5 Å². The normalized spacial score (nSPS) is 15.5. The van der Waals surface area contributed by atoms with Gasteiger partial charge in [0.1, 0.15) is 17.6 Å². The van der Waals surface area contributed by atoms with Crippen LogP contribution in [0, 0.1) is 6.92 Å². The van der Waals surface area contributed by atoms with Crippen LogP contribution in [0.4, 0.5) is 13.2 Å². The molecule has 0 unspecified atom stereocenters. The molecule has 1 amide bonds. The predicted octanol–water partition coefficient (Wildman–Crippen LogP) is 3.97.